The van der Waals surface area contributed by atoms with E-state index in [0.717, 1.165) is 28.2 Å². The summed E-state index contributed by atoms with van der Waals surface area (Å²) in [5.74, 6) is -1.56. The summed E-state index contributed by atoms with van der Waals surface area (Å²) in [4.78, 5) is 38.5. The molecule has 2 heterocycles. The largest absolute Gasteiger partial charge is 0.482 e. The number of anilines is 1. The van der Waals surface area contributed by atoms with Crippen molar-refractivity contribution < 1.29 is 23.5 Å². The highest BCUT2D eigenvalue weighted by Crippen LogP contribution is 2.31. The van der Waals surface area contributed by atoms with Crippen molar-refractivity contribution in [2.24, 2.45) is 0 Å². The summed E-state index contributed by atoms with van der Waals surface area (Å²) >= 11 is 12.9. The molecular formula is C23H16Cl2FN3O5S. The molecule has 0 atom stereocenters. The Morgan fingerprint density at radius 1 is 1.17 bits per heavy atom. The van der Waals surface area contributed by atoms with E-state index in [1.54, 1.807) is 13.0 Å². The van der Waals surface area contributed by atoms with Crippen molar-refractivity contribution in [2.45, 2.75) is 6.92 Å². The van der Waals surface area contributed by atoms with Gasteiger partial charge in [-0.25, -0.2) is 9.18 Å². The lowest BCUT2D eigenvalue weighted by Gasteiger charge is -2.10. The molecule has 2 aromatic carbocycles. The number of hydrogen-bond acceptors (Lipinski definition) is 7. The van der Waals surface area contributed by atoms with Crippen LogP contribution in [0.4, 0.5) is 9.39 Å². The minimum atomic E-state index is -0.746. The zero-order valence-corrected chi connectivity index (χ0v) is 20.3. The van der Waals surface area contributed by atoms with Gasteiger partial charge in [0.2, 0.25) is 0 Å². The van der Waals surface area contributed by atoms with Gasteiger partial charge < -0.3 is 14.8 Å². The molecule has 4 aromatic rings. The molecule has 0 unspecified atom stereocenters. The smallest absolute Gasteiger partial charge is 0.359 e. The fourth-order valence-corrected chi connectivity index (χ4v) is 4.56. The Morgan fingerprint density at radius 3 is 2.60 bits per heavy atom. The summed E-state index contributed by atoms with van der Waals surface area (Å²) in [5.41, 5.74) is -0.502. The van der Waals surface area contributed by atoms with Gasteiger partial charge >= 0.3 is 5.97 Å². The van der Waals surface area contributed by atoms with Crippen LogP contribution in [0.25, 0.3) is 16.5 Å². The molecule has 4 rings (SSSR count). The van der Waals surface area contributed by atoms with Crippen molar-refractivity contribution in [3.05, 3.63) is 79.8 Å². The SMILES string of the molecule is CCOC(=O)c1nn(-c2ccc(F)cc2)c(=O)c2c(NC(=O)COc3ccc(Cl)cc3Cl)scc12. The minimum absolute atomic E-state index is 0.0512. The maximum Gasteiger partial charge on any atom is 0.359 e. The highest BCUT2D eigenvalue weighted by Gasteiger charge is 2.23. The number of ether oxygens (including phenoxy) is 2. The number of thiophene rings is 1. The number of halogens is 3. The van der Waals surface area contributed by atoms with Gasteiger partial charge in [0.1, 0.15) is 16.6 Å². The van der Waals surface area contributed by atoms with Gasteiger partial charge in [-0.2, -0.15) is 9.78 Å². The van der Waals surface area contributed by atoms with Crippen LogP contribution in [0.1, 0.15) is 17.4 Å². The van der Waals surface area contributed by atoms with Gasteiger partial charge in [0, 0.05) is 15.8 Å². The number of carbonyl (C=O) groups is 2. The molecule has 0 aliphatic heterocycles. The molecular weight excluding hydrogens is 520 g/mol. The quantitative estimate of drug-likeness (QED) is 0.331. The van der Waals surface area contributed by atoms with Crippen molar-refractivity contribution in [1.29, 1.82) is 0 Å². The molecule has 2 aromatic heterocycles. The first kappa shape index (κ1) is 24.6. The molecule has 35 heavy (non-hydrogen) atoms. The van der Waals surface area contributed by atoms with Crippen LogP contribution in [-0.2, 0) is 9.53 Å². The molecule has 0 bridgehead atoms. The van der Waals surface area contributed by atoms with Gasteiger partial charge in [0.05, 0.1) is 22.7 Å². The number of esters is 1. The Labute approximate surface area is 211 Å². The molecule has 0 radical (unpaired) electrons. The maximum absolute atomic E-state index is 13.4. The fourth-order valence-electron chi connectivity index (χ4n) is 3.15. The summed E-state index contributed by atoms with van der Waals surface area (Å²) in [5, 5.41) is 9.41. The standard InChI is InChI=1S/C23H16Cl2FN3O5S/c1-2-33-23(32)20-15-11-35-21(27-18(30)10-34-17-8-3-12(24)9-16(17)25)19(15)22(31)29(28-20)14-6-4-13(26)5-7-14/h3-9,11H,2,10H2,1H3,(H,27,30). The lowest BCUT2D eigenvalue weighted by atomic mass is 10.2. The van der Waals surface area contributed by atoms with Gasteiger partial charge in [-0.15, -0.1) is 11.3 Å². The Kier molecular flexibility index (Phi) is 7.34. The van der Waals surface area contributed by atoms with Crippen molar-refractivity contribution in [1.82, 2.24) is 9.78 Å². The third-order valence-corrected chi connectivity index (χ3v) is 6.12. The van der Waals surface area contributed by atoms with Crippen molar-refractivity contribution in [3.8, 4) is 11.4 Å². The molecule has 1 amide bonds. The van der Waals surface area contributed by atoms with Crippen LogP contribution >= 0.6 is 34.5 Å². The van der Waals surface area contributed by atoms with E-state index in [1.807, 2.05) is 0 Å². The first-order valence-electron chi connectivity index (χ1n) is 10.1. The number of nitrogens with one attached hydrogen (secondary N) is 1. The van der Waals surface area contributed by atoms with Crippen molar-refractivity contribution >= 4 is 62.2 Å². The van der Waals surface area contributed by atoms with E-state index in [2.05, 4.69) is 10.4 Å². The van der Waals surface area contributed by atoms with Gasteiger partial charge in [0.25, 0.3) is 11.5 Å². The maximum atomic E-state index is 13.4. The van der Waals surface area contributed by atoms with E-state index in [1.165, 1.54) is 29.6 Å². The summed E-state index contributed by atoms with van der Waals surface area (Å²) in [7, 11) is 0. The van der Waals surface area contributed by atoms with Crippen LogP contribution in [0, 0.1) is 5.82 Å². The van der Waals surface area contributed by atoms with E-state index in [-0.39, 0.29) is 44.5 Å². The Morgan fingerprint density at radius 2 is 1.91 bits per heavy atom. The number of amides is 1. The van der Waals surface area contributed by atoms with Crippen LogP contribution in [0.5, 0.6) is 5.75 Å². The van der Waals surface area contributed by atoms with E-state index in [9.17, 15) is 18.8 Å². The molecule has 0 saturated carbocycles. The summed E-state index contributed by atoms with van der Waals surface area (Å²) < 4.78 is 24.9. The summed E-state index contributed by atoms with van der Waals surface area (Å²) in [6.07, 6.45) is 0. The van der Waals surface area contributed by atoms with E-state index < -0.39 is 29.9 Å². The Bertz CT molecular complexity index is 1490. The van der Waals surface area contributed by atoms with Gasteiger partial charge in [0.15, 0.2) is 12.3 Å². The second-order valence-corrected chi connectivity index (χ2v) is 8.75. The second kappa shape index (κ2) is 10.4. The lowest BCUT2D eigenvalue weighted by Crippen LogP contribution is -2.26. The number of rotatable bonds is 7. The fraction of sp³-hybridized carbons (Fsp3) is 0.130. The predicted octanol–water partition coefficient (Wildman–Crippen LogP) is 5.09. The molecule has 0 saturated heterocycles. The highest BCUT2D eigenvalue weighted by molar-refractivity contribution is 7.16. The van der Waals surface area contributed by atoms with Crippen molar-refractivity contribution in [2.75, 3.05) is 18.5 Å². The zero-order valence-electron chi connectivity index (χ0n) is 18.0. The third-order valence-electron chi connectivity index (χ3n) is 4.70. The number of aromatic nitrogens is 2. The highest BCUT2D eigenvalue weighted by atomic mass is 35.5. The van der Waals surface area contributed by atoms with Gasteiger partial charge in [-0.05, 0) is 49.4 Å². The number of nitrogens with zero attached hydrogens (tertiary/aromatic N) is 2. The average Bonchev–Trinajstić information content (AvgIpc) is 3.23. The van der Waals surface area contributed by atoms with Crippen LogP contribution in [-0.4, -0.2) is 34.9 Å². The summed E-state index contributed by atoms with van der Waals surface area (Å²) in [6.45, 7) is 1.33. The molecule has 8 nitrogen and oxygen atoms in total. The minimum Gasteiger partial charge on any atom is -0.482 e. The number of benzene rings is 2. The van der Waals surface area contributed by atoms with Crippen LogP contribution < -0.4 is 15.6 Å². The van der Waals surface area contributed by atoms with Crippen LogP contribution in [0.2, 0.25) is 10.0 Å². The average molecular weight is 536 g/mol. The summed E-state index contributed by atoms with van der Waals surface area (Å²) in [6, 6.07) is 9.58. The Hall–Kier alpha value is -3.47. The van der Waals surface area contributed by atoms with Crippen LogP contribution in [0.3, 0.4) is 0 Å². The van der Waals surface area contributed by atoms with Gasteiger partial charge in [-0.1, -0.05) is 23.2 Å². The van der Waals surface area contributed by atoms with E-state index in [0.29, 0.717) is 5.02 Å². The van der Waals surface area contributed by atoms with Gasteiger partial charge in [-0.3, -0.25) is 9.59 Å². The van der Waals surface area contributed by atoms with Crippen LogP contribution in [0.15, 0.2) is 52.6 Å². The number of fused-ring (bicyclic) bond motifs is 1. The molecule has 12 heteroatoms. The second-order valence-electron chi connectivity index (χ2n) is 7.03. The van der Waals surface area contributed by atoms with Crippen molar-refractivity contribution in [3.63, 3.8) is 0 Å². The molecule has 1 N–H and O–H groups in total. The lowest BCUT2D eigenvalue weighted by molar-refractivity contribution is -0.118. The normalized spacial score (nSPS) is 10.9. The third kappa shape index (κ3) is 5.29. The molecule has 180 valence electrons. The zero-order chi connectivity index (χ0) is 25.1. The molecule has 0 aliphatic carbocycles. The topological polar surface area (TPSA) is 99.5 Å². The first-order chi connectivity index (χ1) is 16.8. The number of hydrogen-bond donors (Lipinski definition) is 1. The molecule has 0 spiro atoms. The van der Waals surface area contributed by atoms with E-state index in [4.69, 9.17) is 32.7 Å². The molecule has 0 fully saturated rings. The first-order valence-corrected chi connectivity index (χ1v) is 11.8. The Balaban J connectivity index is 1.70. The molecule has 0 aliphatic rings. The monoisotopic (exact) mass is 535 g/mol. The number of carbonyl (C=O) groups excluding carboxylic acids is 2. The van der Waals surface area contributed by atoms with E-state index >= 15 is 0 Å². The predicted molar refractivity (Wildman–Crippen MR) is 132 cm³/mol.